The molecule has 1 heterocycles. The molecule has 1 aromatic heterocycles. The number of nitrogens with zero attached hydrogens (tertiary/aromatic N) is 2. The molecule has 2 amide bonds. The molecule has 0 spiro atoms. The Kier molecular flexibility index (Phi) is 6.89. The molecule has 6 heteroatoms. The topological polar surface area (TPSA) is 84.0 Å². The smallest absolute Gasteiger partial charge is 0.254 e. The van der Waals surface area contributed by atoms with E-state index >= 15 is 0 Å². The van der Waals surface area contributed by atoms with Gasteiger partial charge in [-0.05, 0) is 31.7 Å². The first-order valence-corrected chi connectivity index (χ1v) is 9.71. The normalized spacial score (nSPS) is 15.8. The highest BCUT2D eigenvalue weighted by atomic mass is 16.2. The summed E-state index contributed by atoms with van der Waals surface area (Å²) in [7, 11) is 0. The van der Waals surface area contributed by atoms with Crippen molar-refractivity contribution in [1.82, 2.24) is 20.6 Å². The Morgan fingerprint density at radius 3 is 2.71 bits per heavy atom. The lowest BCUT2D eigenvalue weighted by Gasteiger charge is -2.17. The van der Waals surface area contributed by atoms with E-state index in [2.05, 4.69) is 32.8 Å². The van der Waals surface area contributed by atoms with E-state index in [1.165, 1.54) is 0 Å². The van der Waals surface area contributed by atoms with Crippen molar-refractivity contribution in [3.05, 3.63) is 71.3 Å². The average Bonchev–Trinajstić information content (AvgIpc) is 2.73. The summed E-state index contributed by atoms with van der Waals surface area (Å²) in [5.41, 5.74) is 2.14. The van der Waals surface area contributed by atoms with Crippen LogP contribution in [0, 0.1) is 12.8 Å². The van der Waals surface area contributed by atoms with Crippen LogP contribution < -0.4 is 10.6 Å². The summed E-state index contributed by atoms with van der Waals surface area (Å²) < 4.78 is 0. The van der Waals surface area contributed by atoms with Gasteiger partial charge >= 0.3 is 0 Å². The summed E-state index contributed by atoms with van der Waals surface area (Å²) in [4.78, 5) is 33.5. The molecule has 1 aliphatic rings. The molecule has 1 atom stereocenters. The fourth-order valence-corrected chi connectivity index (χ4v) is 3.25. The van der Waals surface area contributed by atoms with Gasteiger partial charge in [-0.15, -0.1) is 0 Å². The number of allylic oxidation sites excluding steroid dienone is 2. The molecule has 0 unspecified atom stereocenters. The summed E-state index contributed by atoms with van der Waals surface area (Å²) in [6.45, 7) is 2.69. The quantitative estimate of drug-likeness (QED) is 0.726. The Labute approximate surface area is 165 Å². The maximum Gasteiger partial charge on any atom is 0.254 e. The Hall–Kier alpha value is -3.02. The van der Waals surface area contributed by atoms with Crippen LogP contribution in [-0.4, -0.2) is 28.3 Å². The molecule has 0 saturated carbocycles. The van der Waals surface area contributed by atoms with E-state index in [1.807, 2.05) is 30.3 Å². The second kappa shape index (κ2) is 9.78. The van der Waals surface area contributed by atoms with Gasteiger partial charge in [-0.2, -0.15) is 0 Å². The fraction of sp³-hybridized carbons (Fsp3) is 0.364. The summed E-state index contributed by atoms with van der Waals surface area (Å²) in [5.74, 6) is 0.525. The average molecular weight is 378 g/mol. The monoisotopic (exact) mass is 378 g/mol. The molecule has 2 N–H and O–H groups in total. The van der Waals surface area contributed by atoms with Crippen molar-refractivity contribution >= 4 is 11.8 Å². The molecule has 1 aliphatic carbocycles. The zero-order chi connectivity index (χ0) is 19.8. The lowest BCUT2D eigenvalue weighted by molar-refractivity contribution is -0.125. The van der Waals surface area contributed by atoms with Crippen LogP contribution in [0.4, 0.5) is 0 Å². The van der Waals surface area contributed by atoms with Gasteiger partial charge in [0.15, 0.2) is 0 Å². The first-order valence-electron chi connectivity index (χ1n) is 9.71. The van der Waals surface area contributed by atoms with Crippen LogP contribution in [0.2, 0.25) is 0 Å². The van der Waals surface area contributed by atoms with Gasteiger partial charge in [-0.1, -0.05) is 42.5 Å². The van der Waals surface area contributed by atoms with Crippen molar-refractivity contribution in [1.29, 1.82) is 0 Å². The van der Waals surface area contributed by atoms with Gasteiger partial charge in [0.2, 0.25) is 5.91 Å². The summed E-state index contributed by atoms with van der Waals surface area (Å²) >= 11 is 0. The summed E-state index contributed by atoms with van der Waals surface area (Å²) in [5, 5.41) is 5.89. The Bertz CT molecular complexity index is 849. The van der Waals surface area contributed by atoms with Crippen molar-refractivity contribution in [2.45, 2.75) is 39.2 Å². The second-order valence-electron chi connectivity index (χ2n) is 6.97. The minimum atomic E-state index is -0.206. The molecule has 2 aromatic rings. The largest absolute Gasteiger partial charge is 0.355 e. The van der Waals surface area contributed by atoms with Crippen molar-refractivity contribution in [2.24, 2.45) is 5.92 Å². The summed E-state index contributed by atoms with van der Waals surface area (Å²) in [6, 6.07) is 9.74. The number of nitrogens with one attached hydrogen (secondary N) is 2. The first kappa shape index (κ1) is 19.7. The molecule has 6 nitrogen and oxygen atoms in total. The molecule has 0 radical (unpaired) electrons. The number of amides is 2. The maximum absolute atomic E-state index is 12.6. The highest BCUT2D eigenvalue weighted by Gasteiger charge is 2.19. The number of rotatable bonds is 7. The van der Waals surface area contributed by atoms with Gasteiger partial charge in [-0.25, -0.2) is 9.97 Å². The van der Waals surface area contributed by atoms with Gasteiger partial charge in [0, 0.05) is 31.6 Å². The number of hydrogen-bond acceptors (Lipinski definition) is 4. The second-order valence-corrected chi connectivity index (χ2v) is 6.97. The van der Waals surface area contributed by atoms with E-state index in [1.54, 1.807) is 13.1 Å². The number of carbonyl (C=O) groups is 2. The van der Waals surface area contributed by atoms with Gasteiger partial charge < -0.3 is 10.6 Å². The maximum atomic E-state index is 12.6. The van der Waals surface area contributed by atoms with Gasteiger partial charge in [0.1, 0.15) is 5.82 Å². The van der Waals surface area contributed by atoms with Crippen LogP contribution in [0.15, 0.2) is 48.7 Å². The van der Waals surface area contributed by atoms with Crippen LogP contribution in [0.1, 0.15) is 46.7 Å². The molecule has 0 bridgehead atoms. The van der Waals surface area contributed by atoms with Gasteiger partial charge in [-0.3, -0.25) is 9.59 Å². The number of carbonyl (C=O) groups excluding carboxylic acids is 2. The van der Waals surface area contributed by atoms with Crippen LogP contribution in [0.25, 0.3) is 0 Å². The Morgan fingerprint density at radius 2 is 1.96 bits per heavy atom. The molecule has 0 fully saturated rings. The molecule has 146 valence electrons. The predicted octanol–water partition coefficient (Wildman–Crippen LogP) is 2.73. The third-order valence-electron chi connectivity index (χ3n) is 4.83. The van der Waals surface area contributed by atoms with Gasteiger partial charge in [0.25, 0.3) is 5.91 Å². The third kappa shape index (κ3) is 5.49. The molecular formula is C22H26N4O2. The van der Waals surface area contributed by atoms with E-state index in [0.29, 0.717) is 36.6 Å². The zero-order valence-corrected chi connectivity index (χ0v) is 16.1. The van der Waals surface area contributed by atoms with E-state index in [-0.39, 0.29) is 17.7 Å². The van der Waals surface area contributed by atoms with Crippen LogP contribution >= 0.6 is 0 Å². The highest BCUT2D eigenvalue weighted by molar-refractivity contribution is 5.95. The van der Waals surface area contributed by atoms with Crippen molar-refractivity contribution in [3.63, 3.8) is 0 Å². The SMILES string of the molecule is Cc1ncc(C(=O)NCc2ccccc2)c(CCNC(=O)[C@@H]2CC=CCC2)n1. The minimum Gasteiger partial charge on any atom is -0.355 e. The van der Waals surface area contributed by atoms with E-state index in [4.69, 9.17) is 0 Å². The van der Waals surface area contributed by atoms with Crippen LogP contribution in [0.5, 0.6) is 0 Å². The molecule has 1 aromatic carbocycles. The minimum absolute atomic E-state index is 0.0470. The van der Waals surface area contributed by atoms with Crippen LogP contribution in [0.3, 0.4) is 0 Å². The van der Waals surface area contributed by atoms with Crippen molar-refractivity contribution in [3.8, 4) is 0 Å². The van der Waals surface area contributed by atoms with E-state index in [9.17, 15) is 9.59 Å². The van der Waals surface area contributed by atoms with Gasteiger partial charge in [0.05, 0.1) is 11.3 Å². The zero-order valence-electron chi connectivity index (χ0n) is 16.1. The third-order valence-corrected chi connectivity index (χ3v) is 4.83. The summed E-state index contributed by atoms with van der Waals surface area (Å²) in [6.07, 6.45) is 8.88. The first-order chi connectivity index (χ1) is 13.6. The lowest BCUT2D eigenvalue weighted by atomic mass is 9.93. The Morgan fingerprint density at radius 1 is 1.14 bits per heavy atom. The van der Waals surface area contributed by atoms with Crippen LogP contribution in [-0.2, 0) is 17.8 Å². The molecule has 0 saturated heterocycles. The van der Waals surface area contributed by atoms with E-state index in [0.717, 1.165) is 24.8 Å². The molecule has 28 heavy (non-hydrogen) atoms. The van der Waals surface area contributed by atoms with E-state index < -0.39 is 0 Å². The molecular weight excluding hydrogens is 352 g/mol. The number of hydrogen-bond donors (Lipinski definition) is 2. The fourth-order valence-electron chi connectivity index (χ4n) is 3.25. The number of aromatic nitrogens is 2. The molecule has 3 rings (SSSR count). The predicted molar refractivity (Wildman–Crippen MR) is 108 cm³/mol. The number of aryl methyl sites for hydroxylation is 1. The van der Waals surface area contributed by atoms with Crippen molar-refractivity contribution < 1.29 is 9.59 Å². The highest BCUT2D eigenvalue weighted by Crippen LogP contribution is 2.18. The Balaban J connectivity index is 1.57. The lowest BCUT2D eigenvalue weighted by Crippen LogP contribution is -2.33. The van der Waals surface area contributed by atoms with Crippen molar-refractivity contribution in [2.75, 3.05) is 6.54 Å². The number of benzene rings is 1. The molecule has 0 aliphatic heterocycles. The standard InChI is InChI=1S/C22H26N4O2/c1-16-24-15-19(22(28)25-14-17-8-4-2-5-9-17)20(26-16)12-13-23-21(27)18-10-6-3-7-11-18/h2-6,8-9,15,18H,7,10-14H2,1H3,(H,23,27)(H,25,28)/t18-/m1/s1.